The highest BCUT2D eigenvalue weighted by atomic mass is 16.3. The molecule has 0 radical (unpaired) electrons. The van der Waals surface area contributed by atoms with Gasteiger partial charge >= 0.3 is 0 Å². The second-order valence-corrected chi connectivity index (χ2v) is 11.4. The molecule has 224 valence electrons. The number of nitrogens with one attached hydrogen (secondary N) is 2. The fourth-order valence-corrected chi connectivity index (χ4v) is 6.30. The zero-order chi connectivity index (χ0) is 30.5. The van der Waals surface area contributed by atoms with E-state index in [1.54, 1.807) is 13.1 Å². The third-order valence-corrected chi connectivity index (χ3v) is 8.69. The molecule has 1 atom stereocenters. The van der Waals surface area contributed by atoms with Gasteiger partial charge in [0.15, 0.2) is 0 Å². The predicted molar refractivity (Wildman–Crippen MR) is 170 cm³/mol. The molecule has 3 aromatic rings. The Morgan fingerprint density at radius 3 is 2.33 bits per heavy atom. The molecule has 43 heavy (non-hydrogen) atoms. The second-order valence-electron chi connectivity index (χ2n) is 11.4. The van der Waals surface area contributed by atoms with Crippen LogP contribution >= 0.6 is 0 Å². The quantitative estimate of drug-likeness (QED) is 0.388. The maximum absolute atomic E-state index is 13.9. The Hall–Kier alpha value is -4.55. The van der Waals surface area contributed by atoms with E-state index in [4.69, 9.17) is 0 Å². The first-order chi connectivity index (χ1) is 20.8. The highest BCUT2D eigenvalue weighted by Crippen LogP contribution is 2.29. The lowest BCUT2D eigenvalue weighted by molar-refractivity contribution is 0.0697. The van der Waals surface area contributed by atoms with Crippen molar-refractivity contribution in [3.05, 3.63) is 88.5 Å². The second kappa shape index (κ2) is 13.2. The molecule has 9 heteroatoms. The lowest BCUT2D eigenvalue weighted by Crippen LogP contribution is -2.56. The van der Waals surface area contributed by atoms with Gasteiger partial charge in [-0.3, -0.25) is 9.59 Å². The minimum atomic E-state index is -0.330. The number of amides is 2. The van der Waals surface area contributed by atoms with E-state index in [9.17, 15) is 20.0 Å². The van der Waals surface area contributed by atoms with Crippen LogP contribution in [0.2, 0.25) is 0 Å². The van der Waals surface area contributed by atoms with E-state index in [0.29, 0.717) is 36.3 Å². The van der Waals surface area contributed by atoms with Gasteiger partial charge in [0, 0.05) is 62.8 Å². The Morgan fingerprint density at radius 1 is 0.930 bits per heavy atom. The monoisotopic (exact) mass is 580 g/mol. The summed E-state index contributed by atoms with van der Waals surface area (Å²) in [5.41, 5.74) is 6.62. The molecule has 9 nitrogen and oxygen atoms in total. The number of carbonyl (C=O) groups excluding carboxylic acids is 2. The number of rotatable bonds is 7. The summed E-state index contributed by atoms with van der Waals surface area (Å²) in [7, 11) is 1.60. The van der Waals surface area contributed by atoms with Gasteiger partial charge in [0.25, 0.3) is 11.8 Å². The average Bonchev–Trinajstić information content (AvgIpc) is 3.05. The maximum Gasteiger partial charge on any atom is 0.254 e. The van der Waals surface area contributed by atoms with Gasteiger partial charge in [0.05, 0.1) is 29.5 Å². The number of piperazine rings is 1. The molecule has 3 N–H and O–H groups in total. The van der Waals surface area contributed by atoms with Crippen molar-refractivity contribution in [1.82, 2.24) is 10.2 Å². The molecule has 0 spiro atoms. The molecular formula is C34H40N6O3. The minimum absolute atomic E-state index is 0.0545. The highest BCUT2D eigenvalue weighted by molar-refractivity contribution is 6.00. The Kier molecular flexibility index (Phi) is 9.17. The molecule has 0 aliphatic carbocycles. The van der Waals surface area contributed by atoms with Crippen LogP contribution in [0.25, 0.3) is 0 Å². The summed E-state index contributed by atoms with van der Waals surface area (Å²) in [6.45, 7) is 6.94. The van der Waals surface area contributed by atoms with Crippen molar-refractivity contribution in [3.63, 3.8) is 0 Å². The van der Waals surface area contributed by atoms with E-state index in [-0.39, 0.29) is 30.5 Å². The molecule has 2 saturated heterocycles. The standard InChI is InChI=1S/C34H40N6O3/c1-23-18-24(2)30(37-26-12-14-38(15-13-26)31-10-6-4-8-25(31)20-35)19-29(23)34(43)39-16-17-40(27(21-39)22-41)32-11-7-5-9-28(32)33(42)36-3/h4-11,18-19,26-27,37,41H,12-17,21-22H2,1-3H3,(H,36,42). The third kappa shape index (κ3) is 6.30. The van der Waals surface area contributed by atoms with Gasteiger partial charge in [-0.25, -0.2) is 0 Å². The van der Waals surface area contributed by atoms with Crippen molar-refractivity contribution in [2.45, 2.75) is 38.8 Å². The van der Waals surface area contributed by atoms with Crippen LogP contribution in [-0.4, -0.2) is 80.3 Å². The summed E-state index contributed by atoms with van der Waals surface area (Å²) in [4.78, 5) is 32.5. The van der Waals surface area contributed by atoms with E-state index in [1.807, 2.05) is 65.3 Å². The Bertz CT molecular complexity index is 1520. The Balaban J connectivity index is 1.27. The van der Waals surface area contributed by atoms with E-state index < -0.39 is 0 Å². The molecule has 0 saturated carbocycles. The molecule has 5 rings (SSSR count). The van der Waals surface area contributed by atoms with Crippen molar-refractivity contribution in [1.29, 1.82) is 5.26 Å². The molecular weight excluding hydrogens is 540 g/mol. The van der Waals surface area contributed by atoms with Gasteiger partial charge in [-0.15, -0.1) is 0 Å². The summed E-state index contributed by atoms with van der Waals surface area (Å²) in [6, 6.07) is 21.4. The zero-order valence-corrected chi connectivity index (χ0v) is 25.1. The van der Waals surface area contributed by atoms with Crippen LogP contribution in [0.3, 0.4) is 0 Å². The molecule has 3 aromatic carbocycles. The third-order valence-electron chi connectivity index (χ3n) is 8.69. The summed E-state index contributed by atoms with van der Waals surface area (Å²) in [5, 5.41) is 26.2. The Morgan fingerprint density at radius 2 is 1.63 bits per heavy atom. The van der Waals surface area contributed by atoms with Crippen LogP contribution in [0, 0.1) is 25.2 Å². The fraction of sp³-hybridized carbons (Fsp3) is 0.382. The van der Waals surface area contributed by atoms with Gasteiger partial charge in [-0.2, -0.15) is 5.26 Å². The number of para-hydroxylation sites is 2. The average molecular weight is 581 g/mol. The fourth-order valence-electron chi connectivity index (χ4n) is 6.30. The topological polar surface area (TPSA) is 112 Å². The number of piperidine rings is 1. The molecule has 2 fully saturated rings. The number of hydrogen-bond donors (Lipinski definition) is 3. The minimum Gasteiger partial charge on any atom is -0.394 e. The normalized spacial score (nSPS) is 17.4. The van der Waals surface area contributed by atoms with Crippen molar-refractivity contribution < 1.29 is 14.7 Å². The van der Waals surface area contributed by atoms with Crippen LogP contribution in [0.15, 0.2) is 60.7 Å². The summed E-state index contributed by atoms with van der Waals surface area (Å²) < 4.78 is 0. The predicted octanol–water partition coefficient (Wildman–Crippen LogP) is 3.94. The van der Waals surface area contributed by atoms with E-state index in [0.717, 1.165) is 54.1 Å². The van der Waals surface area contributed by atoms with Crippen LogP contribution in [0.1, 0.15) is 50.2 Å². The lowest BCUT2D eigenvalue weighted by atomic mass is 9.99. The van der Waals surface area contributed by atoms with E-state index in [2.05, 4.69) is 34.6 Å². The maximum atomic E-state index is 13.9. The number of aliphatic hydroxyl groups excluding tert-OH is 1. The van der Waals surface area contributed by atoms with Crippen LogP contribution in [0.5, 0.6) is 0 Å². The first-order valence-corrected chi connectivity index (χ1v) is 14.9. The molecule has 2 heterocycles. The Labute approximate surface area is 253 Å². The zero-order valence-electron chi connectivity index (χ0n) is 25.1. The first-order valence-electron chi connectivity index (χ1n) is 14.9. The number of aryl methyl sites for hydroxylation is 2. The number of nitriles is 1. The summed E-state index contributed by atoms with van der Waals surface area (Å²) in [6.07, 6.45) is 1.85. The molecule has 1 unspecified atom stereocenters. The van der Waals surface area contributed by atoms with Gasteiger partial charge in [-0.05, 0) is 68.1 Å². The number of benzene rings is 3. The van der Waals surface area contributed by atoms with Crippen molar-refractivity contribution in [2.24, 2.45) is 0 Å². The van der Waals surface area contributed by atoms with Gasteiger partial charge in [0.2, 0.25) is 0 Å². The summed E-state index contributed by atoms with van der Waals surface area (Å²) in [5.74, 6) is -0.236. The van der Waals surface area contributed by atoms with Gasteiger partial charge in [-0.1, -0.05) is 30.3 Å². The molecule has 0 aromatic heterocycles. The first kappa shape index (κ1) is 29.9. The molecule has 0 bridgehead atoms. The smallest absolute Gasteiger partial charge is 0.254 e. The van der Waals surface area contributed by atoms with Gasteiger partial charge in [0.1, 0.15) is 6.07 Å². The number of aliphatic hydroxyl groups is 1. The van der Waals surface area contributed by atoms with Crippen LogP contribution in [-0.2, 0) is 0 Å². The van der Waals surface area contributed by atoms with E-state index in [1.165, 1.54) is 0 Å². The van der Waals surface area contributed by atoms with Crippen molar-refractivity contribution in [2.75, 3.05) is 61.5 Å². The number of anilines is 3. The van der Waals surface area contributed by atoms with Gasteiger partial charge < -0.3 is 30.4 Å². The largest absolute Gasteiger partial charge is 0.394 e. The molecule has 2 aliphatic heterocycles. The number of hydrogen-bond acceptors (Lipinski definition) is 7. The van der Waals surface area contributed by atoms with Crippen molar-refractivity contribution >= 4 is 28.9 Å². The van der Waals surface area contributed by atoms with Crippen molar-refractivity contribution in [3.8, 4) is 6.07 Å². The highest BCUT2D eigenvalue weighted by Gasteiger charge is 2.32. The molecule has 2 amide bonds. The molecule has 2 aliphatic rings. The number of nitrogens with zero attached hydrogens (tertiary/aromatic N) is 4. The SMILES string of the molecule is CNC(=O)c1ccccc1N1CCN(C(=O)c2cc(NC3CCN(c4ccccc4C#N)CC3)c(C)cc2C)CC1CO. The summed E-state index contributed by atoms with van der Waals surface area (Å²) >= 11 is 0. The van der Waals surface area contributed by atoms with Crippen LogP contribution in [0.4, 0.5) is 17.1 Å². The van der Waals surface area contributed by atoms with Crippen LogP contribution < -0.4 is 20.4 Å². The van der Waals surface area contributed by atoms with E-state index >= 15 is 0 Å². The lowest BCUT2D eigenvalue weighted by Gasteiger charge is -2.42. The number of carbonyl (C=O) groups is 2.